The molecule has 0 unspecified atom stereocenters. The molecule has 2 aromatic rings. The Bertz CT molecular complexity index is 701. The lowest BCUT2D eigenvalue weighted by molar-refractivity contribution is -0.152. The number of esters is 1. The summed E-state index contributed by atoms with van der Waals surface area (Å²) in [5, 5.41) is 4.27. The summed E-state index contributed by atoms with van der Waals surface area (Å²) in [5.74, 6) is -0.433. The lowest BCUT2D eigenvalue weighted by atomic mass is 10.1. The summed E-state index contributed by atoms with van der Waals surface area (Å²) in [5.41, 5.74) is 0.891. The van der Waals surface area contributed by atoms with Crippen LogP contribution in [0.3, 0.4) is 0 Å². The smallest absolute Gasteiger partial charge is 0.309 e. The minimum absolute atomic E-state index is 0.0998. The van der Waals surface area contributed by atoms with Crippen LogP contribution in [-0.2, 0) is 9.53 Å². The number of benzene rings is 1. The molecule has 5 heteroatoms. The first-order valence-corrected chi connectivity index (χ1v) is 8.17. The van der Waals surface area contributed by atoms with Crippen LogP contribution in [0.2, 0.25) is 0 Å². The van der Waals surface area contributed by atoms with Crippen LogP contribution in [0.1, 0.15) is 43.2 Å². The van der Waals surface area contributed by atoms with Gasteiger partial charge in [-0.3, -0.25) is 9.48 Å². The molecule has 0 bridgehead atoms. The molecule has 0 radical (unpaired) electrons. The predicted molar refractivity (Wildman–Crippen MR) is 82.2 cm³/mol. The van der Waals surface area contributed by atoms with Crippen LogP contribution in [-0.4, -0.2) is 21.9 Å². The highest BCUT2D eigenvalue weighted by atomic mass is 19.1. The van der Waals surface area contributed by atoms with E-state index in [-0.39, 0.29) is 35.8 Å². The molecule has 2 aliphatic carbocycles. The maximum Gasteiger partial charge on any atom is 0.309 e. The number of carbonyl (C=O) groups is 1. The van der Waals surface area contributed by atoms with Crippen LogP contribution in [0.25, 0.3) is 0 Å². The second-order valence-electron chi connectivity index (χ2n) is 6.46. The Labute approximate surface area is 134 Å². The average molecular weight is 314 g/mol. The Morgan fingerprint density at radius 1 is 1.30 bits per heavy atom. The molecule has 23 heavy (non-hydrogen) atoms. The van der Waals surface area contributed by atoms with Crippen molar-refractivity contribution in [2.24, 2.45) is 5.92 Å². The first-order chi connectivity index (χ1) is 11.2. The van der Waals surface area contributed by atoms with Crippen LogP contribution < -0.4 is 0 Å². The summed E-state index contributed by atoms with van der Waals surface area (Å²) in [4.78, 5) is 12.4. The topological polar surface area (TPSA) is 44.1 Å². The van der Waals surface area contributed by atoms with Gasteiger partial charge in [0.05, 0.1) is 12.0 Å². The van der Waals surface area contributed by atoms with Crippen molar-refractivity contribution in [1.82, 2.24) is 9.78 Å². The van der Waals surface area contributed by atoms with Gasteiger partial charge in [0.1, 0.15) is 11.9 Å². The van der Waals surface area contributed by atoms with Gasteiger partial charge in [-0.05, 0) is 55.4 Å². The third-order valence-corrected chi connectivity index (χ3v) is 4.92. The molecule has 0 N–H and O–H groups in total. The maximum absolute atomic E-state index is 13.3. The molecule has 1 aromatic carbocycles. The first-order valence-electron chi connectivity index (χ1n) is 8.17. The molecule has 0 amide bonds. The fourth-order valence-electron chi connectivity index (χ4n) is 3.62. The molecular weight excluding hydrogens is 295 g/mol. The van der Waals surface area contributed by atoms with Gasteiger partial charge in [0.25, 0.3) is 0 Å². The highest BCUT2D eigenvalue weighted by Crippen LogP contribution is 2.49. The quantitative estimate of drug-likeness (QED) is 0.812. The minimum atomic E-state index is -0.254. The highest BCUT2D eigenvalue weighted by molar-refractivity contribution is 5.77. The summed E-state index contributed by atoms with van der Waals surface area (Å²) in [7, 11) is 0. The van der Waals surface area contributed by atoms with Crippen molar-refractivity contribution in [3.05, 3.63) is 54.1 Å². The molecular formula is C18H19FN2O2. The maximum atomic E-state index is 13.3. The molecule has 0 saturated heterocycles. The van der Waals surface area contributed by atoms with Crippen molar-refractivity contribution >= 4 is 5.97 Å². The van der Waals surface area contributed by atoms with Gasteiger partial charge in [-0.2, -0.15) is 5.10 Å². The lowest BCUT2D eigenvalue weighted by Crippen LogP contribution is -2.26. The van der Waals surface area contributed by atoms with Crippen LogP contribution >= 0.6 is 0 Å². The molecule has 4 nitrogen and oxygen atoms in total. The van der Waals surface area contributed by atoms with E-state index in [1.807, 2.05) is 23.0 Å². The van der Waals surface area contributed by atoms with Gasteiger partial charge < -0.3 is 4.74 Å². The van der Waals surface area contributed by atoms with Gasteiger partial charge in [-0.1, -0.05) is 12.1 Å². The fourth-order valence-corrected chi connectivity index (χ4v) is 3.62. The number of hydrogen-bond donors (Lipinski definition) is 0. The van der Waals surface area contributed by atoms with Gasteiger partial charge in [-0.15, -0.1) is 0 Å². The SMILES string of the molecule is O=C(O[C@@H]1CCC[C@H]1n1cccn1)[C@H]1C[C@@H]1c1cccc(F)c1. The number of rotatable bonds is 4. The molecule has 120 valence electrons. The summed E-state index contributed by atoms with van der Waals surface area (Å²) >= 11 is 0. The van der Waals surface area contributed by atoms with Crippen LogP contribution in [0, 0.1) is 11.7 Å². The number of hydrogen-bond acceptors (Lipinski definition) is 3. The van der Waals surface area contributed by atoms with Gasteiger partial charge in [-0.25, -0.2) is 4.39 Å². The number of ether oxygens (including phenoxy) is 1. The second-order valence-corrected chi connectivity index (χ2v) is 6.46. The Morgan fingerprint density at radius 2 is 2.22 bits per heavy atom. The third kappa shape index (κ3) is 2.87. The molecule has 1 aromatic heterocycles. The van der Waals surface area contributed by atoms with Crippen molar-refractivity contribution in [3.8, 4) is 0 Å². The Kier molecular flexibility index (Phi) is 3.63. The van der Waals surface area contributed by atoms with E-state index in [0.717, 1.165) is 31.2 Å². The summed E-state index contributed by atoms with van der Waals surface area (Å²) in [6, 6.07) is 8.53. The van der Waals surface area contributed by atoms with E-state index >= 15 is 0 Å². The standard InChI is InChI=1S/C18H19FN2O2/c19-13-5-1-4-12(10-13)14-11-15(14)18(22)23-17-7-2-6-16(17)21-9-3-8-20-21/h1,3-5,8-10,14-17H,2,6-7,11H2/t14-,15+,16-,17-/m1/s1. The summed E-state index contributed by atoms with van der Waals surface area (Å²) < 4.78 is 20.9. The van der Waals surface area contributed by atoms with Crippen molar-refractivity contribution in [2.75, 3.05) is 0 Å². The fraction of sp³-hybridized carbons (Fsp3) is 0.444. The van der Waals surface area contributed by atoms with E-state index in [2.05, 4.69) is 5.10 Å². The summed E-state index contributed by atoms with van der Waals surface area (Å²) in [6.45, 7) is 0. The highest BCUT2D eigenvalue weighted by Gasteiger charge is 2.47. The molecule has 2 saturated carbocycles. The van der Waals surface area contributed by atoms with Gasteiger partial charge in [0.2, 0.25) is 0 Å². The molecule has 0 aliphatic heterocycles. The summed E-state index contributed by atoms with van der Waals surface area (Å²) in [6.07, 6.45) is 7.23. The van der Waals surface area contributed by atoms with Gasteiger partial charge in [0, 0.05) is 12.4 Å². The van der Waals surface area contributed by atoms with E-state index in [1.54, 1.807) is 12.3 Å². The Morgan fingerprint density at radius 3 is 3.00 bits per heavy atom. The normalized spacial score (nSPS) is 29.4. The van der Waals surface area contributed by atoms with Crippen molar-refractivity contribution < 1.29 is 13.9 Å². The second kappa shape index (κ2) is 5.80. The van der Waals surface area contributed by atoms with Crippen LogP contribution in [0.15, 0.2) is 42.7 Å². The van der Waals surface area contributed by atoms with Crippen molar-refractivity contribution in [2.45, 2.75) is 43.7 Å². The number of carbonyl (C=O) groups excluding carboxylic acids is 1. The van der Waals surface area contributed by atoms with E-state index in [4.69, 9.17) is 4.74 Å². The number of halogens is 1. The number of aromatic nitrogens is 2. The van der Waals surface area contributed by atoms with Crippen molar-refractivity contribution in [1.29, 1.82) is 0 Å². The monoisotopic (exact) mass is 314 g/mol. The molecule has 2 fully saturated rings. The van der Waals surface area contributed by atoms with E-state index in [0.29, 0.717) is 0 Å². The average Bonchev–Trinajstić information content (AvgIpc) is 2.93. The van der Waals surface area contributed by atoms with E-state index in [1.165, 1.54) is 12.1 Å². The first kappa shape index (κ1) is 14.4. The predicted octanol–water partition coefficient (Wildman–Crippen LogP) is 3.46. The third-order valence-electron chi connectivity index (χ3n) is 4.92. The van der Waals surface area contributed by atoms with E-state index in [9.17, 15) is 9.18 Å². The van der Waals surface area contributed by atoms with Crippen LogP contribution in [0.4, 0.5) is 4.39 Å². The van der Waals surface area contributed by atoms with Crippen LogP contribution in [0.5, 0.6) is 0 Å². The van der Waals surface area contributed by atoms with Gasteiger partial charge >= 0.3 is 5.97 Å². The van der Waals surface area contributed by atoms with E-state index < -0.39 is 0 Å². The van der Waals surface area contributed by atoms with Gasteiger partial charge in [0.15, 0.2) is 0 Å². The largest absolute Gasteiger partial charge is 0.460 e. The Balaban J connectivity index is 1.39. The molecule has 4 atom stereocenters. The molecule has 2 aliphatic rings. The lowest BCUT2D eigenvalue weighted by Gasteiger charge is -2.20. The zero-order valence-electron chi connectivity index (χ0n) is 12.8. The minimum Gasteiger partial charge on any atom is -0.460 e. The van der Waals surface area contributed by atoms with Crippen molar-refractivity contribution in [3.63, 3.8) is 0 Å². The Hall–Kier alpha value is -2.17. The molecule has 4 rings (SSSR count). The molecule has 1 heterocycles. The molecule has 0 spiro atoms. The number of nitrogens with zero attached hydrogens (tertiary/aromatic N) is 2. The zero-order chi connectivity index (χ0) is 15.8. The zero-order valence-corrected chi connectivity index (χ0v) is 12.8.